The van der Waals surface area contributed by atoms with E-state index in [-0.39, 0.29) is 5.91 Å². The van der Waals surface area contributed by atoms with Gasteiger partial charge in [-0.2, -0.15) is 5.10 Å². The van der Waals surface area contributed by atoms with Crippen molar-refractivity contribution in [3.05, 3.63) is 58.0 Å². The molecule has 0 aliphatic rings. The lowest BCUT2D eigenvalue weighted by Crippen LogP contribution is -2.14. The van der Waals surface area contributed by atoms with Gasteiger partial charge in [0.1, 0.15) is 0 Å². The molecule has 106 valence electrons. The molecule has 1 aromatic carbocycles. The molecule has 0 aliphatic carbocycles. The van der Waals surface area contributed by atoms with Gasteiger partial charge in [0.25, 0.3) is 5.91 Å². The van der Waals surface area contributed by atoms with Crippen LogP contribution in [-0.4, -0.2) is 20.5 Å². The van der Waals surface area contributed by atoms with Gasteiger partial charge in [-0.3, -0.25) is 4.79 Å². The number of fused-ring (bicyclic) bond motifs is 1. The highest BCUT2D eigenvalue weighted by Gasteiger charge is 2.18. The quantitative estimate of drug-likeness (QED) is 0.775. The van der Waals surface area contributed by atoms with Crippen molar-refractivity contribution >= 4 is 33.2 Å². The summed E-state index contributed by atoms with van der Waals surface area (Å²) in [4.78, 5) is 16.6. The first-order chi connectivity index (χ1) is 10.1. The molecule has 5 nitrogen and oxygen atoms in total. The molecular formula is C15H13BrN4O. The third-order valence-corrected chi connectivity index (χ3v) is 4.14. The molecule has 1 amide bonds. The van der Waals surface area contributed by atoms with Crippen LogP contribution < -0.4 is 5.32 Å². The highest BCUT2D eigenvalue weighted by molar-refractivity contribution is 9.10. The molecule has 3 rings (SSSR count). The molecule has 0 unspecified atom stereocenters. The second-order valence-corrected chi connectivity index (χ2v) is 5.55. The van der Waals surface area contributed by atoms with Crippen molar-refractivity contribution in [3.63, 3.8) is 0 Å². The molecule has 0 saturated carbocycles. The Morgan fingerprint density at radius 1 is 1.29 bits per heavy atom. The average Bonchev–Trinajstić information content (AvgIpc) is 2.82. The molecule has 3 aromatic rings. The molecule has 2 heterocycles. The van der Waals surface area contributed by atoms with Crippen molar-refractivity contribution in [2.45, 2.75) is 13.8 Å². The van der Waals surface area contributed by atoms with Gasteiger partial charge < -0.3 is 5.32 Å². The number of hydrogen-bond donors (Lipinski definition) is 1. The van der Waals surface area contributed by atoms with Crippen LogP contribution in [0.25, 0.3) is 5.65 Å². The van der Waals surface area contributed by atoms with Crippen LogP contribution in [0.3, 0.4) is 0 Å². The second kappa shape index (κ2) is 5.29. The Morgan fingerprint density at radius 2 is 2.10 bits per heavy atom. The summed E-state index contributed by atoms with van der Waals surface area (Å²) in [6.07, 6.45) is 3.41. The van der Waals surface area contributed by atoms with Crippen LogP contribution >= 0.6 is 15.9 Å². The Morgan fingerprint density at radius 3 is 2.86 bits per heavy atom. The average molecular weight is 345 g/mol. The van der Waals surface area contributed by atoms with Crippen LogP contribution in [0.5, 0.6) is 0 Å². The number of aromatic nitrogens is 3. The van der Waals surface area contributed by atoms with E-state index in [2.05, 4.69) is 31.3 Å². The number of amides is 1. The third-order valence-electron chi connectivity index (χ3n) is 3.41. The number of hydrogen-bond acceptors (Lipinski definition) is 3. The van der Waals surface area contributed by atoms with Crippen LogP contribution in [0.15, 0.2) is 41.1 Å². The summed E-state index contributed by atoms with van der Waals surface area (Å²) >= 11 is 3.39. The molecule has 0 bridgehead atoms. The van der Waals surface area contributed by atoms with Crippen molar-refractivity contribution in [2.75, 3.05) is 5.32 Å². The molecule has 0 aliphatic heterocycles. The monoisotopic (exact) mass is 344 g/mol. The molecule has 2 aromatic heterocycles. The van der Waals surface area contributed by atoms with E-state index in [0.717, 1.165) is 16.8 Å². The lowest BCUT2D eigenvalue weighted by Gasteiger charge is -2.09. The van der Waals surface area contributed by atoms with E-state index in [1.165, 1.54) is 0 Å². The fourth-order valence-electron chi connectivity index (χ4n) is 2.07. The van der Waals surface area contributed by atoms with Crippen molar-refractivity contribution in [3.8, 4) is 0 Å². The van der Waals surface area contributed by atoms with E-state index < -0.39 is 0 Å². The summed E-state index contributed by atoms with van der Waals surface area (Å²) in [6.45, 7) is 3.99. The number of carbonyl (C=O) groups is 1. The van der Waals surface area contributed by atoms with Crippen LogP contribution in [0.1, 0.15) is 21.6 Å². The van der Waals surface area contributed by atoms with Gasteiger partial charge in [0, 0.05) is 18.1 Å². The smallest absolute Gasteiger partial charge is 0.277 e. The molecule has 0 saturated heterocycles. The van der Waals surface area contributed by atoms with E-state index in [9.17, 15) is 4.79 Å². The first-order valence-electron chi connectivity index (χ1n) is 6.44. The zero-order valence-corrected chi connectivity index (χ0v) is 13.2. The number of nitrogens with one attached hydrogen (secondary N) is 1. The highest BCUT2D eigenvalue weighted by Crippen LogP contribution is 2.23. The fraction of sp³-hybridized carbons (Fsp3) is 0.133. The van der Waals surface area contributed by atoms with Crippen molar-refractivity contribution < 1.29 is 4.79 Å². The molecule has 0 radical (unpaired) electrons. The Labute approximate surface area is 130 Å². The minimum atomic E-state index is -0.263. The number of anilines is 1. The molecular weight excluding hydrogens is 332 g/mol. The molecule has 0 fully saturated rings. The molecule has 21 heavy (non-hydrogen) atoms. The standard InChI is InChI=1S/C15H13BrN4O/c1-9-5-3-6-11(10(9)2)18-15(21)13-12(16)14-17-7-4-8-20(14)19-13/h3-8H,1-2H3,(H,18,21). The van der Waals surface area contributed by atoms with E-state index in [0.29, 0.717) is 15.8 Å². The van der Waals surface area contributed by atoms with E-state index in [1.54, 1.807) is 23.0 Å². The SMILES string of the molecule is Cc1cccc(NC(=O)c2nn3cccnc3c2Br)c1C. The molecule has 0 spiro atoms. The van der Waals surface area contributed by atoms with Gasteiger partial charge in [-0.05, 0) is 53.0 Å². The minimum Gasteiger partial charge on any atom is -0.320 e. The zero-order chi connectivity index (χ0) is 15.0. The predicted molar refractivity (Wildman–Crippen MR) is 84.6 cm³/mol. The highest BCUT2D eigenvalue weighted by atomic mass is 79.9. The lowest BCUT2D eigenvalue weighted by atomic mass is 10.1. The zero-order valence-electron chi connectivity index (χ0n) is 11.6. The molecule has 6 heteroatoms. The predicted octanol–water partition coefficient (Wildman–Crippen LogP) is 3.36. The van der Waals surface area contributed by atoms with Crippen molar-refractivity contribution in [2.24, 2.45) is 0 Å². The summed E-state index contributed by atoms with van der Waals surface area (Å²) in [5.41, 5.74) is 3.89. The molecule has 1 N–H and O–H groups in total. The Bertz CT molecular complexity index is 841. The van der Waals surface area contributed by atoms with Gasteiger partial charge in [0.15, 0.2) is 11.3 Å². The van der Waals surface area contributed by atoms with Crippen LogP contribution in [0, 0.1) is 13.8 Å². The summed E-state index contributed by atoms with van der Waals surface area (Å²) < 4.78 is 2.16. The van der Waals surface area contributed by atoms with Gasteiger partial charge in [-0.15, -0.1) is 0 Å². The van der Waals surface area contributed by atoms with Gasteiger partial charge in [-0.1, -0.05) is 12.1 Å². The topological polar surface area (TPSA) is 59.3 Å². The molecule has 0 atom stereocenters. The first-order valence-corrected chi connectivity index (χ1v) is 7.23. The Balaban J connectivity index is 1.97. The summed E-state index contributed by atoms with van der Waals surface area (Å²) in [5.74, 6) is -0.263. The van der Waals surface area contributed by atoms with Gasteiger partial charge in [0.2, 0.25) is 0 Å². The normalized spacial score (nSPS) is 10.8. The van der Waals surface area contributed by atoms with Crippen LogP contribution in [0.2, 0.25) is 0 Å². The number of benzene rings is 1. The second-order valence-electron chi connectivity index (χ2n) is 4.75. The van der Waals surface area contributed by atoms with E-state index in [1.807, 2.05) is 32.0 Å². The minimum absolute atomic E-state index is 0.263. The summed E-state index contributed by atoms with van der Waals surface area (Å²) in [5, 5.41) is 7.15. The van der Waals surface area contributed by atoms with Crippen molar-refractivity contribution in [1.82, 2.24) is 14.6 Å². The third kappa shape index (κ3) is 2.42. The number of halogens is 1. The van der Waals surface area contributed by atoms with Crippen LogP contribution in [-0.2, 0) is 0 Å². The summed E-state index contributed by atoms with van der Waals surface area (Å²) in [6, 6.07) is 7.56. The van der Waals surface area contributed by atoms with Gasteiger partial charge in [0.05, 0.1) is 4.47 Å². The van der Waals surface area contributed by atoms with Crippen LogP contribution in [0.4, 0.5) is 5.69 Å². The maximum atomic E-state index is 12.4. The Hall–Kier alpha value is -2.21. The number of rotatable bonds is 2. The van der Waals surface area contributed by atoms with Gasteiger partial charge >= 0.3 is 0 Å². The van der Waals surface area contributed by atoms with E-state index >= 15 is 0 Å². The maximum absolute atomic E-state index is 12.4. The number of carbonyl (C=O) groups excluding carboxylic acids is 1. The number of aryl methyl sites for hydroxylation is 1. The summed E-state index contributed by atoms with van der Waals surface area (Å²) in [7, 11) is 0. The van der Waals surface area contributed by atoms with Gasteiger partial charge in [-0.25, -0.2) is 9.50 Å². The maximum Gasteiger partial charge on any atom is 0.277 e. The van der Waals surface area contributed by atoms with E-state index in [4.69, 9.17) is 0 Å². The first kappa shape index (κ1) is 13.8. The Kier molecular flexibility index (Phi) is 3.47. The largest absolute Gasteiger partial charge is 0.320 e. The fourth-order valence-corrected chi connectivity index (χ4v) is 2.62. The number of nitrogens with zero attached hydrogens (tertiary/aromatic N) is 3. The lowest BCUT2D eigenvalue weighted by molar-refractivity contribution is 0.102. The van der Waals surface area contributed by atoms with Crippen molar-refractivity contribution in [1.29, 1.82) is 0 Å².